The Morgan fingerprint density at radius 3 is 2.65 bits per heavy atom. The van der Waals surface area contributed by atoms with Gasteiger partial charge in [-0.15, -0.1) is 12.4 Å². The van der Waals surface area contributed by atoms with E-state index < -0.39 is 0 Å². The van der Waals surface area contributed by atoms with Gasteiger partial charge in [0.2, 0.25) is 5.91 Å². The van der Waals surface area contributed by atoms with Gasteiger partial charge in [0.25, 0.3) is 0 Å². The molecule has 2 rings (SSSR count). The van der Waals surface area contributed by atoms with Crippen molar-refractivity contribution in [1.82, 2.24) is 10.2 Å². The van der Waals surface area contributed by atoms with Crippen molar-refractivity contribution in [3.63, 3.8) is 0 Å². The van der Waals surface area contributed by atoms with E-state index in [4.69, 9.17) is 0 Å². The van der Waals surface area contributed by atoms with E-state index in [1.165, 1.54) is 12.1 Å². The van der Waals surface area contributed by atoms with Crippen molar-refractivity contribution in [2.75, 3.05) is 20.1 Å². The standard InChI is InChI=1S/C15H21FN2O.ClH/c1-11(12-4-3-5-13(16)10-12)15(19)18(2)14-6-8-17-9-7-14;/h3-5,10-11,14,17H,6-9H2,1-2H3;1H. The number of nitrogens with zero attached hydrogens (tertiary/aromatic N) is 1. The monoisotopic (exact) mass is 300 g/mol. The molecule has 0 spiro atoms. The maximum Gasteiger partial charge on any atom is 0.229 e. The molecular weight excluding hydrogens is 279 g/mol. The van der Waals surface area contributed by atoms with Gasteiger partial charge in [-0.1, -0.05) is 12.1 Å². The minimum absolute atomic E-state index is 0. The zero-order valence-electron chi connectivity index (χ0n) is 11.9. The predicted molar refractivity (Wildman–Crippen MR) is 80.7 cm³/mol. The van der Waals surface area contributed by atoms with Gasteiger partial charge in [-0.05, 0) is 50.6 Å². The molecule has 0 radical (unpaired) electrons. The van der Waals surface area contributed by atoms with E-state index in [-0.39, 0.29) is 30.0 Å². The summed E-state index contributed by atoms with van der Waals surface area (Å²) in [6, 6.07) is 6.60. The van der Waals surface area contributed by atoms with E-state index >= 15 is 0 Å². The van der Waals surface area contributed by atoms with Crippen LogP contribution in [0.4, 0.5) is 4.39 Å². The Kier molecular flexibility index (Phi) is 6.43. The predicted octanol–water partition coefficient (Wildman–Crippen LogP) is 2.56. The lowest BCUT2D eigenvalue weighted by Gasteiger charge is -2.33. The van der Waals surface area contributed by atoms with E-state index in [9.17, 15) is 9.18 Å². The molecule has 0 aromatic heterocycles. The van der Waals surface area contributed by atoms with E-state index in [2.05, 4.69) is 5.32 Å². The maximum absolute atomic E-state index is 13.2. The summed E-state index contributed by atoms with van der Waals surface area (Å²) in [5.41, 5.74) is 0.741. The molecule has 1 aliphatic rings. The topological polar surface area (TPSA) is 32.3 Å². The van der Waals surface area contributed by atoms with Crippen LogP contribution < -0.4 is 5.32 Å². The lowest BCUT2D eigenvalue weighted by molar-refractivity contribution is -0.133. The molecule has 5 heteroatoms. The number of rotatable bonds is 3. The van der Waals surface area contributed by atoms with Gasteiger partial charge in [0.05, 0.1) is 5.92 Å². The van der Waals surface area contributed by atoms with Gasteiger partial charge in [-0.25, -0.2) is 4.39 Å². The van der Waals surface area contributed by atoms with E-state index in [0.29, 0.717) is 6.04 Å². The molecule has 1 fully saturated rings. The second kappa shape index (κ2) is 7.60. The summed E-state index contributed by atoms with van der Waals surface area (Å²) in [4.78, 5) is 14.3. The molecule has 0 saturated carbocycles. The van der Waals surface area contributed by atoms with E-state index in [1.807, 2.05) is 24.9 Å². The van der Waals surface area contributed by atoms with Crippen molar-refractivity contribution >= 4 is 18.3 Å². The number of likely N-dealkylation sites (N-methyl/N-ethyl adjacent to an activating group) is 1. The summed E-state index contributed by atoms with van der Waals surface area (Å²) >= 11 is 0. The molecule has 1 aliphatic heterocycles. The zero-order chi connectivity index (χ0) is 13.8. The van der Waals surface area contributed by atoms with Crippen LogP contribution in [-0.2, 0) is 4.79 Å². The molecule has 112 valence electrons. The molecule has 1 aromatic rings. The van der Waals surface area contributed by atoms with Crippen molar-refractivity contribution < 1.29 is 9.18 Å². The number of hydrogen-bond acceptors (Lipinski definition) is 2. The Labute approximate surface area is 125 Å². The molecule has 1 N–H and O–H groups in total. The first kappa shape index (κ1) is 16.9. The highest BCUT2D eigenvalue weighted by Crippen LogP contribution is 2.21. The number of amides is 1. The number of halogens is 2. The van der Waals surface area contributed by atoms with Gasteiger partial charge in [-0.3, -0.25) is 4.79 Å². The van der Waals surface area contributed by atoms with Gasteiger partial charge < -0.3 is 10.2 Å². The molecule has 0 bridgehead atoms. The summed E-state index contributed by atoms with van der Waals surface area (Å²) in [6.07, 6.45) is 1.97. The molecule has 1 heterocycles. The maximum atomic E-state index is 13.2. The van der Waals surface area contributed by atoms with Crippen LogP contribution in [0.2, 0.25) is 0 Å². The number of benzene rings is 1. The van der Waals surface area contributed by atoms with Crippen LogP contribution in [0, 0.1) is 5.82 Å². The fourth-order valence-corrected chi connectivity index (χ4v) is 2.60. The molecule has 20 heavy (non-hydrogen) atoms. The van der Waals surface area contributed by atoms with Crippen LogP contribution >= 0.6 is 12.4 Å². The Hall–Kier alpha value is -1.13. The van der Waals surface area contributed by atoms with Crippen LogP contribution in [0.3, 0.4) is 0 Å². The first-order chi connectivity index (χ1) is 9.09. The largest absolute Gasteiger partial charge is 0.342 e. The Bertz CT molecular complexity index is 449. The molecule has 0 aliphatic carbocycles. The summed E-state index contributed by atoms with van der Waals surface area (Å²) in [5.74, 6) is -0.519. The van der Waals surface area contributed by atoms with Crippen LogP contribution in [0.5, 0.6) is 0 Å². The highest BCUT2D eigenvalue weighted by molar-refractivity contribution is 5.85. The fourth-order valence-electron chi connectivity index (χ4n) is 2.60. The average Bonchev–Trinajstić information content (AvgIpc) is 2.46. The highest BCUT2D eigenvalue weighted by Gasteiger charge is 2.26. The van der Waals surface area contributed by atoms with Crippen molar-refractivity contribution in [3.8, 4) is 0 Å². The van der Waals surface area contributed by atoms with Gasteiger partial charge in [-0.2, -0.15) is 0 Å². The Morgan fingerprint density at radius 2 is 2.05 bits per heavy atom. The van der Waals surface area contributed by atoms with Gasteiger partial charge in [0, 0.05) is 13.1 Å². The third kappa shape index (κ3) is 3.93. The van der Waals surface area contributed by atoms with Gasteiger partial charge in [0.1, 0.15) is 5.82 Å². The van der Waals surface area contributed by atoms with E-state index in [1.54, 1.807) is 6.07 Å². The lowest BCUT2D eigenvalue weighted by atomic mass is 9.97. The number of nitrogens with one attached hydrogen (secondary N) is 1. The lowest BCUT2D eigenvalue weighted by Crippen LogP contribution is -2.45. The number of carbonyl (C=O) groups is 1. The highest BCUT2D eigenvalue weighted by atomic mass is 35.5. The molecular formula is C15H22ClFN2O. The second-order valence-corrected chi connectivity index (χ2v) is 5.21. The Morgan fingerprint density at radius 1 is 1.40 bits per heavy atom. The summed E-state index contributed by atoms with van der Waals surface area (Å²) in [6.45, 7) is 3.75. The summed E-state index contributed by atoms with van der Waals surface area (Å²) < 4.78 is 13.2. The molecule has 3 nitrogen and oxygen atoms in total. The first-order valence-electron chi connectivity index (χ1n) is 6.82. The number of carbonyl (C=O) groups excluding carboxylic acids is 1. The van der Waals surface area contributed by atoms with Crippen molar-refractivity contribution in [1.29, 1.82) is 0 Å². The Balaban J connectivity index is 0.00000200. The third-order valence-electron chi connectivity index (χ3n) is 3.92. The summed E-state index contributed by atoms with van der Waals surface area (Å²) in [5, 5.41) is 3.29. The van der Waals surface area contributed by atoms with Crippen LogP contribution in [0.15, 0.2) is 24.3 Å². The molecule has 1 aromatic carbocycles. The normalized spacial score (nSPS) is 17.1. The third-order valence-corrected chi connectivity index (χ3v) is 3.92. The van der Waals surface area contributed by atoms with E-state index in [0.717, 1.165) is 31.5 Å². The molecule has 1 saturated heterocycles. The number of piperidine rings is 1. The minimum atomic E-state index is -0.296. The number of hydrogen-bond donors (Lipinski definition) is 1. The molecule has 1 atom stereocenters. The minimum Gasteiger partial charge on any atom is -0.342 e. The second-order valence-electron chi connectivity index (χ2n) is 5.21. The quantitative estimate of drug-likeness (QED) is 0.930. The smallest absolute Gasteiger partial charge is 0.229 e. The van der Waals surface area contributed by atoms with Gasteiger partial charge >= 0.3 is 0 Å². The van der Waals surface area contributed by atoms with Crippen LogP contribution in [0.25, 0.3) is 0 Å². The SMILES string of the molecule is CC(C(=O)N(C)C1CCNCC1)c1cccc(F)c1.Cl. The van der Waals surface area contributed by atoms with Crippen molar-refractivity contribution in [2.24, 2.45) is 0 Å². The first-order valence-corrected chi connectivity index (χ1v) is 6.82. The van der Waals surface area contributed by atoms with Crippen LogP contribution in [-0.4, -0.2) is 37.0 Å². The fraction of sp³-hybridized carbons (Fsp3) is 0.533. The molecule has 1 unspecified atom stereocenters. The summed E-state index contributed by atoms with van der Waals surface area (Å²) in [7, 11) is 1.86. The zero-order valence-corrected chi connectivity index (χ0v) is 12.8. The van der Waals surface area contributed by atoms with Crippen molar-refractivity contribution in [3.05, 3.63) is 35.6 Å². The van der Waals surface area contributed by atoms with Crippen LogP contribution in [0.1, 0.15) is 31.2 Å². The van der Waals surface area contributed by atoms with Gasteiger partial charge in [0.15, 0.2) is 0 Å². The van der Waals surface area contributed by atoms with Crippen molar-refractivity contribution in [2.45, 2.75) is 31.7 Å². The molecule has 1 amide bonds. The average molecular weight is 301 g/mol.